The van der Waals surface area contributed by atoms with Crippen LogP contribution >= 0.6 is 0 Å². The second-order valence-electron chi connectivity index (χ2n) is 3.35. The molecule has 0 aromatic heterocycles. The van der Waals surface area contributed by atoms with E-state index < -0.39 is 0 Å². The summed E-state index contributed by atoms with van der Waals surface area (Å²) < 4.78 is 5.45. The first kappa shape index (κ1) is 6.71. The maximum absolute atomic E-state index is 5.45. The Kier molecular flexibility index (Phi) is 1.22. The van der Waals surface area contributed by atoms with Crippen molar-refractivity contribution < 1.29 is 4.74 Å². The standard InChI is InChI=1S/C10H11O/c1-10(2)7-11-9-6-4-3-5-8(9)10/h3-6H,1,7H2,2H3. The summed E-state index contributed by atoms with van der Waals surface area (Å²) in [6, 6.07) is 8.08. The molecule has 1 heterocycles. The molecule has 0 aliphatic carbocycles. The predicted octanol–water partition coefficient (Wildman–Crippen LogP) is 2.17. The summed E-state index contributed by atoms with van der Waals surface area (Å²) in [5, 5.41) is 0. The topological polar surface area (TPSA) is 9.23 Å². The van der Waals surface area contributed by atoms with E-state index in [0.29, 0.717) is 6.61 Å². The van der Waals surface area contributed by atoms with E-state index in [-0.39, 0.29) is 5.41 Å². The Bertz CT molecular complexity index is 276. The van der Waals surface area contributed by atoms with Crippen LogP contribution in [0, 0.1) is 6.92 Å². The minimum atomic E-state index is -0.0450. The predicted molar refractivity (Wildman–Crippen MR) is 44.6 cm³/mol. The smallest absolute Gasteiger partial charge is 0.123 e. The lowest BCUT2D eigenvalue weighted by atomic mass is 9.87. The highest BCUT2D eigenvalue weighted by molar-refractivity contribution is 5.43. The van der Waals surface area contributed by atoms with Gasteiger partial charge in [-0.1, -0.05) is 25.1 Å². The highest BCUT2D eigenvalue weighted by Gasteiger charge is 2.30. The number of rotatable bonds is 0. The normalized spacial score (nSPS) is 19.1. The van der Waals surface area contributed by atoms with Crippen molar-refractivity contribution in [2.75, 3.05) is 6.61 Å². The van der Waals surface area contributed by atoms with Crippen molar-refractivity contribution in [2.45, 2.75) is 12.3 Å². The third-order valence-corrected chi connectivity index (χ3v) is 2.08. The summed E-state index contributed by atoms with van der Waals surface area (Å²) in [6.45, 7) is 6.88. The first-order chi connectivity index (χ1) is 5.20. The second kappa shape index (κ2) is 2.00. The molecule has 1 atom stereocenters. The fourth-order valence-corrected chi connectivity index (χ4v) is 1.41. The molecule has 1 aromatic carbocycles. The molecule has 1 aromatic rings. The Hall–Kier alpha value is -0.980. The van der Waals surface area contributed by atoms with Crippen molar-refractivity contribution in [3.8, 4) is 5.75 Å². The van der Waals surface area contributed by atoms with E-state index in [1.807, 2.05) is 18.2 Å². The van der Waals surface area contributed by atoms with Crippen LogP contribution in [-0.4, -0.2) is 6.61 Å². The van der Waals surface area contributed by atoms with Crippen LogP contribution in [0.4, 0.5) is 0 Å². The van der Waals surface area contributed by atoms with Gasteiger partial charge in [-0.05, 0) is 13.0 Å². The van der Waals surface area contributed by atoms with Crippen LogP contribution < -0.4 is 4.74 Å². The monoisotopic (exact) mass is 147 g/mol. The van der Waals surface area contributed by atoms with E-state index in [4.69, 9.17) is 4.74 Å². The average Bonchev–Trinajstić information content (AvgIpc) is 2.29. The highest BCUT2D eigenvalue weighted by Crippen LogP contribution is 2.37. The van der Waals surface area contributed by atoms with Crippen molar-refractivity contribution in [1.82, 2.24) is 0 Å². The number of hydrogen-bond acceptors (Lipinski definition) is 1. The highest BCUT2D eigenvalue weighted by atomic mass is 16.5. The zero-order valence-electron chi connectivity index (χ0n) is 6.63. The Morgan fingerprint density at radius 3 is 2.91 bits per heavy atom. The number of fused-ring (bicyclic) bond motifs is 1. The van der Waals surface area contributed by atoms with Gasteiger partial charge in [0.05, 0.1) is 6.61 Å². The Labute approximate surface area is 67.0 Å². The van der Waals surface area contributed by atoms with Crippen LogP contribution in [0.15, 0.2) is 24.3 Å². The molecule has 0 bridgehead atoms. The molecular formula is C10H11O. The summed E-state index contributed by atoms with van der Waals surface area (Å²) in [4.78, 5) is 0. The maximum Gasteiger partial charge on any atom is 0.123 e. The lowest BCUT2D eigenvalue weighted by Crippen LogP contribution is -2.18. The Balaban J connectivity index is 2.56. The summed E-state index contributed by atoms with van der Waals surface area (Å²) in [5.41, 5.74) is 1.18. The largest absolute Gasteiger partial charge is 0.492 e. The number of benzene rings is 1. The molecule has 1 radical (unpaired) electrons. The van der Waals surface area contributed by atoms with Gasteiger partial charge in [-0.2, -0.15) is 0 Å². The summed E-state index contributed by atoms with van der Waals surface area (Å²) in [6.07, 6.45) is 0. The van der Waals surface area contributed by atoms with E-state index in [1.165, 1.54) is 5.56 Å². The van der Waals surface area contributed by atoms with Crippen molar-refractivity contribution >= 4 is 0 Å². The van der Waals surface area contributed by atoms with Gasteiger partial charge in [-0.15, -0.1) is 0 Å². The minimum absolute atomic E-state index is 0.0450. The van der Waals surface area contributed by atoms with Crippen molar-refractivity contribution in [1.29, 1.82) is 0 Å². The third kappa shape index (κ3) is 0.917. The molecule has 1 heteroatoms. The SMILES string of the molecule is [CH2]C1(C)COc2ccccc21. The van der Waals surface area contributed by atoms with E-state index in [0.717, 1.165) is 5.75 Å². The van der Waals surface area contributed by atoms with E-state index >= 15 is 0 Å². The van der Waals surface area contributed by atoms with Gasteiger partial charge >= 0.3 is 0 Å². The molecule has 0 fully saturated rings. The number of para-hydroxylation sites is 1. The molecule has 0 N–H and O–H groups in total. The summed E-state index contributed by atoms with van der Waals surface area (Å²) >= 11 is 0. The van der Waals surface area contributed by atoms with E-state index in [2.05, 4.69) is 19.9 Å². The van der Waals surface area contributed by atoms with Crippen LogP contribution in [0.1, 0.15) is 12.5 Å². The molecule has 1 aliphatic rings. The summed E-state index contributed by atoms with van der Waals surface area (Å²) in [7, 11) is 0. The van der Waals surface area contributed by atoms with Crippen molar-refractivity contribution in [3.05, 3.63) is 36.8 Å². The van der Waals surface area contributed by atoms with Gasteiger partial charge in [0.2, 0.25) is 0 Å². The fourth-order valence-electron chi connectivity index (χ4n) is 1.41. The van der Waals surface area contributed by atoms with Crippen LogP contribution in [0.3, 0.4) is 0 Å². The van der Waals surface area contributed by atoms with Gasteiger partial charge in [0.25, 0.3) is 0 Å². The van der Waals surface area contributed by atoms with E-state index in [9.17, 15) is 0 Å². The lowest BCUT2D eigenvalue weighted by Gasteiger charge is -2.13. The quantitative estimate of drug-likeness (QED) is 0.546. The molecule has 0 saturated heterocycles. The molecular weight excluding hydrogens is 136 g/mol. The minimum Gasteiger partial charge on any atom is -0.492 e. The van der Waals surface area contributed by atoms with E-state index in [1.54, 1.807) is 0 Å². The molecule has 11 heavy (non-hydrogen) atoms. The molecule has 1 aliphatic heterocycles. The molecule has 0 saturated carbocycles. The van der Waals surface area contributed by atoms with Crippen LogP contribution in [0.5, 0.6) is 5.75 Å². The van der Waals surface area contributed by atoms with Gasteiger partial charge in [0.15, 0.2) is 0 Å². The molecule has 0 amide bonds. The number of ether oxygens (including phenoxy) is 1. The average molecular weight is 147 g/mol. The fraction of sp³-hybridized carbons (Fsp3) is 0.300. The zero-order valence-corrected chi connectivity index (χ0v) is 6.63. The zero-order chi connectivity index (χ0) is 7.90. The first-order valence-electron chi connectivity index (χ1n) is 3.78. The molecule has 1 nitrogen and oxygen atoms in total. The maximum atomic E-state index is 5.45. The van der Waals surface area contributed by atoms with Crippen molar-refractivity contribution in [3.63, 3.8) is 0 Å². The second-order valence-corrected chi connectivity index (χ2v) is 3.35. The van der Waals surface area contributed by atoms with Crippen LogP contribution in [-0.2, 0) is 5.41 Å². The van der Waals surface area contributed by atoms with Gasteiger partial charge in [-0.25, -0.2) is 0 Å². The molecule has 57 valence electrons. The summed E-state index contributed by atoms with van der Waals surface area (Å²) in [5.74, 6) is 0.991. The Morgan fingerprint density at radius 2 is 2.18 bits per heavy atom. The Morgan fingerprint density at radius 1 is 1.45 bits per heavy atom. The third-order valence-electron chi connectivity index (χ3n) is 2.08. The van der Waals surface area contributed by atoms with Gasteiger partial charge < -0.3 is 4.74 Å². The van der Waals surface area contributed by atoms with Crippen molar-refractivity contribution in [2.24, 2.45) is 0 Å². The van der Waals surface area contributed by atoms with Gasteiger partial charge in [0, 0.05) is 11.0 Å². The first-order valence-corrected chi connectivity index (χ1v) is 3.78. The molecule has 2 rings (SSSR count). The molecule has 1 unspecified atom stereocenters. The van der Waals surface area contributed by atoms with Gasteiger partial charge in [0.1, 0.15) is 5.75 Å². The van der Waals surface area contributed by atoms with Gasteiger partial charge in [-0.3, -0.25) is 0 Å². The lowest BCUT2D eigenvalue weighted by molar-refractivity contribution is 0.306. The number of hydrogen-bond donors (Lipinski definition) is 0. The van der Waals surface area contributed by atoms with Crippen LogP contribution in [0.2, 0.25) is 0 Å². The molecule has 0 spiro atoms. The van der Waals surface area contributed by atoms with Crippen LogP contribution in [0.25, 0.3) is 0 Å².